The van der Waals surface area contributed by atoms with Crippen molar-refractivity contribution in [3.8, 4) is 0 Å². The Morgan fingerprint density at radius 3 is 2.48 bits per heavy atom. The second kappa shape index (κ2) is 15.8. The van der Waals surface area contributed by atoms with Gasteiger partial charge in [-0.2, -0.15) is 0 Å². The number of nitrogens with one attached hydrogen (secondary N) is 2. The molecule has 0 bridgehead atoms. The highest BCUT2D eigenvalue weighted by molar-refractivity contribution is 14.0. The average molecular weight is 546 g/mol. The Hall–Kier alpha value is -0.900. The fraction of sp³-hybridized carbons (Fsp3) is 0.708. The number of aliphatic imine (C=N–C) groups is 1. The number of likely N-dealkylation sites (tertiary alicyclic amines) is 1. The summed E-state index contributed by atoms with van der Waals surface area (Å²) in [6, 6.07) is 11.5. The third kappa shape index (κ3) is 11.5. The van der Waals surface area contributed by atoms with Crippen molar-refractivity contribution in [3.05, 3.63) is 35.9 Å². The molecule has 1 aromatic carbocycles. The molecule has 0 aliphatic carbocycles. The lowest BCUT2D eigenvalue weighted by Crippen LogP contribution is -2.49. The number of nitrogens with zero attached hydrogens (tertiary/aromatic N) is 3. The van der Waals surface area contributed by atoms with Crippen LogP contribution >= 0.6 is 24.0 Å². The highest BCUT2D eigenvalue weighted by Gasteiger charge is 2.20. The molecule has 0 saturated carbocycles. The Balaban J connectivity index is 0.00000480. The van der Waals surface area contributed by atoms with Crippen LogP contribution in [0.25, 0.3) is 0 Å². The van der Waals surface area contributed by atoms with Crippen molar-refractivity contribution in [2.24, 2.45) is 4.99 Å². The minimum atomic E-state index is 0. The van der Waals surface area contributed by atoms with Gasteiger partial charge in [0.15, 0.2) is 5.96 Å². The molecule has 6 nitrogen and oxygen atoms in total. The van der Waals surface area contributed by atoms with E-state index >= 15 is 0 Å². The summed E-state index contributed by atoms with van der Waals surface area (Å²) in [6.07, 6.45) is 2.61. The van der Waals surface area contributed by atoms with Gasteiger partial charge in [-0.05, 0) is 53.1 Å². The Kier molecular flexibility index (Phi) is 14.4. The minimum Gasteiger partial charge on any atom is -0.377 e. The van der Waals surface area contributed by atoms with Gasteiger partial charge in [0.2, 0.25) is 0 Å². The summed E-state index contributed by atoms with van der Waals surface area (Å²) in [6.45, 7) is 15.3. The number of hydrogen-bond acceptors (Lipinski definition) is 4. The second-order valence-electron chi connectivity index (χ2n) is 8.65. The summed E-state index contributed by atoms with van der Waals surface area (Å²) >= 11 is 0. The monoisotopic (exact) mass is 545 g/mol. The molecule has 1 aliphatic rings. The number of guanidine groups is 1. The van der Waals surface area contributed by atoms with Crippen LogP contribution < -0.4 is 10.6 Å². The summed E-state index contributed by atoms with van der Waals surface area (Å²) in [4.78, 5) is 9.74. The number of ether oxygens (including phenoxy) is 1. The maximum absolute atomic E-state index is 5.69. The summed E-state index contributed by atoms with van der Waals surface area (Å²) in [7, 11) is 2.17. The molecule has 2 N–H and O–H groups in total. The first-order valence-corrected chi connectivity index (χ1v) is 11.6. The lowest BCUT2D eigenvalue weighted by Gasteiger charge is -2.33. The van der Waals surface area contributed by atoms with Gasteiger partial charge in [0.1, 0.15) is 0 Å². The van der Waals surface area contributed by atoms with E-state index in [1.54, 1.807) is 0 Å². The Morgan fingerprint density at radius 2 is 1.87 bits per heavy atom. The normalized spacial score (nSPS) is 16.9. The van der Waals surface area contributed by atoms with Crippen molar-refractivity contribution in [3.63, 3.8) is 0 Å². The van der Waals surface area contributed by atoms with Gasteiger partial charge < -0.3 is 20.3 Å². The van der Waals surface area contributed by atoms with Crippen molar-refractivity contribution < 1.29 is 4.74 Å². The molecule has 1 heterocycles. The summed E-state index contributed by atoms with van der Waals surface area (Å²) in [5, 5.41) is 7.08. The van der Waals surface area contributed by atoms with Gasteiger partial charge in [0.05, 0.1) is 19.3 Å². The maximum Gasteiger partial charge on any atom is 0.191 e. The molecule has 1 unspecified atom stereocenters. The molecule has 0 aromatic heterocycles. The largest absolute Gasteiger partial charge is 0.377 e. The molecule has 1 aromatic rings. The predicted octanol–water partition coefficient (Wildman–Crippen LogP) is 3.57. The minimum absolute atomic E-state index is 0. The second-order valence-corrected chi connectivity index (χ2v) is 8.65. The SMILES string of the molecule is CCNC(=NCC(C)N(C)Cc1ccccc1)NC1CCN(CCOC(C)C)CC1.I. The average Bonchev–Trinajstić information content (AvgIpc) is 2.73. The number of hydrogen-bond donors (Lipinski definition) is 2. The van der Waals surface area contributed by atoms with E-state index < -0.39 is 0 Å². The zero-order chi connectivity index (χ0) is 21.8. The van der Waals surface area contributed by atoms with E-state index in [0.717, 1.165) is 64.7 Å². The highest BCUT2D eigenvalue weighted by Crippen LogP contribution is 2.10. The molecule has 1 atom stereocenters. The fourth-order valence-corrected chi connectivity index (χ4v) is 3.62. The van der Waals surface area contributed by atoms with Crippen LogP contribution in [0.4, 0.5) is 0 Å². The molecule has 0 radical (unpaired) electrons. The zero-order valence-corrected chi connectivity index (χ0v) is 22.5. The number of piperidine rings is 1. The van der Waals surface area contributed by atoms with E-state index in [4.69, 9.17) is 9.73 Å². The topological polar surface area (TPSA) is 52.1 Å². The van der Waals surface area contributed by atoms with Crippen LogP contribution in [-0.4, -0.2) is 80.3 Å². The number of halogens is 1. The van der Waals surface area contributed by atoms with E-state index in [-0.39, 0.29) is 24.0 Å². The quantitative estimate of drug-likeness (QED) is 0.253. The maximum atomic E-state index is 5.69. The molecule has 31 heavy (non-hydrogen) atoms. The van der Waals surface area contributed by atoms with Gasteiger partial charge in [-0.15, -0.1) is 24.0 Å². The van der Waals surface area contributed by atoms with Crippen LogP contribution in [0.3, 0.4) is 0 Å². The van der Waals surface area contributed by atoms with Gasteiger partial charge >= 0.3 is 0 Å². The molecule has 1 fully saturated rings. The van der Waals surface area contributed by atoms with E-state index in [2.05, 4.69) is 85.5 Å². The van der Waals surface area contributed by atoms with Crippen molar-refractivity contribution in [2.75, 3.05) is 46.4 Å². The Labute approximate surface area is 207 Å². The smallest absolute Gasteiger partial charge is 0.191 e. The summed E-state index contributed by atoms with van der Waals surface area (Å²) < 4.78 is 5.69. The van der Waals surface area contributed by atoms with E-state index in [0.29, 0.717) is 18.2 Å². The molecule has 178 valence electrons. The summed E-state index contributed by atoms with van der Waals surface area (Å²) in [5.41, 5.74) is 1.34. The van der Waals surface area contributed by atoms with Crippen molar-refractivity contribution >= 4 is 29.9 Å². The van der Waals surface area contributed by atoms with E-state index in [9.17, 15) is 0 Å². The number of benzene rings is 1. The first-order valence-electron chi connectivity index (χ1n) is 11.6. The Morgan fingerprint density at radius 1 is 1.19 bits per heavy atom. The first kappa shape index (κ1) is 28.1. The van der Waals surface area contributed by atoms with Crippen molar-refractivity contribution in [1.82, 2.24) is 20.4 Å². The van der Waals surface area contributed by atoms with Gasteiger partial charge in [0.25, 0.3) is 0 Å². The fourth-order valence-electron chi connectivity index (χ4n) is 3.62. The van der Waals surface area contributed by atoms with Crippen LogP contribution in [0.15, 0.2) is 35.3 Å². The van der Waals surface area contributed by atoms with Crippen molar-refractivity contribution in [1.29, 1.82) is 0 Å². The molecular weight excluding hydrogens is 501 g/mol. The number of likely N-dealkylation sites (N-methyl/N-ethyl adjacent to an activating group) is 1. The standard InChI is InChI=1S/C24H43N5O.HI/c1-6-25-24(26-18-21(4)28(5)19-22-10-8-7-9-11-22)27-23-12-14-29(15-13-23)16-17-30-20(2)3;/h7-11,20-21,23H,6,12-19H2,1-5H3,(H2,25,26,27);1H. The summed E-state index contributed by atoms with van der Waals surface area (Å²) in [5.74, 6) is 0.944. The lowest BCUT2D eigenvalue weighted by atomic mass is 10.1. The molecule has 1 saturated heterocycles. The van der Waals surface area contributed by atoms with Crippen LogP contribution in [0.1, 0.15) is 46.1 Å². The van der Waals surface area contributed by atoms with Crippen molar-refractivity contribution in [2.45, 2.75) is 65.3 Å². The first-order chi connectivity index (χ1) is 14.5. The van der Waals surface area contributed by atoms with Gasteiger partial charge in [0, 0.05) is 44.8 Å². The highest BCUT2D eigenvalue weighted by atomic mass is 127. The lowest BCUT2D eigenvalue weighted by molar-refractivity contribution is 0.0532. The molecular formula is C24H44IN5O. The third-order valence-electron chi connectivity index (χ3n) is 5.67. The third-order valence-corrected chi connectivity index (χ3v) is 5.67. The Bertz CT molecular complexity index is 605. The van der Waals surface area contributed by atoms with Gasteiger partial charge in [-0.1, -0.05) is 30.3 Å². The van der Waals surface area contributed by atoms with Crippen LogP contribution in [-0.2, 0) is 11.3 Å². The van der Waals surface area contributed by atoms with Gasteiger partial charge in [-0.25, -0.2) is 0 Å². The zero-order valence-electron chi connectivity index (χ0n) is 20.1. The molecule has 0 amide bonds. The van der Waals surface area contributed by atoms with Crippen LogP contribution in [0.5, 0.6) is 0 Å². The van der Waals surface area contributed by atoms with Crippen LogP contribution in [0, 0.1) is 0 Å². The van der Waals surface area contributed by atoms with Crippen LogP contribution in [0.2, 0.25) is 0 Å². The number of rotatable bonds is 11. The molecule has 2 rings (SSSR count). The van der Waals surface area contributed by atoms with E-state index in [1.807, 2.05) is 0 Å². The molecule has 1 aliphatic heterocycles. The predicted molar refractivity (Wildman–Crippen MR) is 142 cm³/mol. The molecule has 0 spiro atoms. The molecule has 7 heteroatoms. The van der Waals surface area contributed by atoms with E-state index in [1.165, 1.54) is 5.56 Å². The van der Waals surface area contributed by atoms with Gasteiger partial charge in [-0.3, -0.25) is 9.89 Å².